The number of ether oxygens (including phenoxy) is 1. The summed E-state index contributed by atoms with van der Waals surface area (Å²) >= 11 is 2.33. The number of hydrogen-bond acceptors (Lipinski definition) is 2. The van der Waals surface area contributed by atoms with Crippen LogP contribution in [0.3, 0.4) is 0 Å². The van der Waals surface area contributed by atoms with Gasteiger partial charge in [-0.05, 0) is 18.6 Å². The van der Waals surface area contributed by atoms with Crippen LogP contribution in [0.5, 0.6) is 11.5 Å². The van der Waals surface area contributed by atoms with Crippen molar-refractivity contribution in [3.63, 3.8) is 0 Å². The van der Waals surface area contributed by atoms with E-state index in [1.807, 2.05) is 0 Å². The maximum Gasteiger partial charge on any atom is 0.168 e. The molecule has 0 bridgehead atoms. The third kappa shape index (κ3) is 3.50. The molecule has 2 nitrogen and oxygen atoms in total. The first-order valence-corrected chi connectivity index (χ1v) is 6.70. The predicted molar refractivity (Wildman–Crippen MR) is 70.8 cm³/mol. The molecule has 0 heterocycles. The largest absolute Gasteiger partial charge is 0.505 e. The topological polar surface area (TPSA) is 29.5 Å². The average molecular weight is 338 g/mol. The van der Waals surface area contributed by atoms with Gasteiger partial charge in [0.15, 0.2) is 11.6 Å². The van der Waals surface area contributed by atoms with E-state index in [1.54, 1.807) is 6.07 Å². The summed E-state index contributed by atoms with van der Waals surface area (Å²) < 4.78 is 19.6. The fraction of sp³-hybridized carbons (Fsp3) is 0.500. The molecule has 16 heavy (non-hydrogen) atoms. The average Bonchev–Trinajstić information content (AvgIpc) is 2.30. The maximum atomic E-state index is 13.0. The highest BCUT2D eigenvalue weighted by Gasteiger charge is 2.21. The van der Waals surface area contributed by atoms with Gasteiger partial charge in [-0.1, -0.05) is 36.4 Å². The monoisotopic (exact) mass is 338 g/mol. The lowest BCUT2D eigenvalue weighted by atomic mass is 9.92. The summed E-state index contributed by atoms with van der Waals surface area (Å²) in [6.45, 7) is 4.80. The van der Waals surface area contributed by atoms with Crippen molar-refractivity contribution in [2.24, 2.45) is 5.41 Å². The number of benzene rings is 1. The number of halogens is 2. The molecule has 1 rings (SSSR count). The summed E-state index contributed by atoms with van der Waals surface area (Å²) in [6, 6.07) is 4.08. The van der Waals surface area contributed by atoms with Crippen molar-refractivity contribution >= 4 is 22.6 Å². The summed E-state index contributed by atoms with van der Waals surface area (Å²) in [5, 5.41) is 9.03. The van der Waals surface area contributed by atoms with Crippen LogP contribution in [-0.4, -0.2) is 16.1 Å². The van der Waals surface area contributed by atoms with Crippen LogP contribution in [0.1, 0.15) is 20.3 Å². The lowest BCUT2D eigenvalue weighted by molar-refractivity contribution is 0.182. The van der Waals surface area contributed by atoms with Gasteiger partial charge in [-0.2, -0.15) is 0 Å². The molecule has 1 unspecified atom stereocenters. The van der Waals surface area contributed by atoms with E-state index in [0.29, 0.717) is 12.4 Å². The Labute approximate surface area is 109 Å². The Kier molecular flexibility index (Phi) is 4.83. The molecule has 0 spiro atoms. The van der Waals surface area contributed by atoms with Crippen LogP contribution < -0.4 is 4.74 Å². The van der Waals surface area contributed by atoms with E-state index in [-0.39, 0.29) is 11.2 Å². The highest BCUT2D eigenvalue weighted by Crippen LogP contribution is 2.27. The molecule has 0 saturated heterocycles. The van der Waals surface area contributed by atoms with Crippen molar-refractivity contribution in [2.45, 2.75) is 20.3 Å². The molecule has 1 aromatic rings. The van der Waals surface area contributed by atoms with Gasteiger partial charge in [0, 0.05) is 15.9 Å². The summed E-state index contributed by atoms with van der Waals surface area (Å²) in [5.74, 6) is -0.538. The van der Waals surface area contributed by atoms with E-state index in [9.17, 15) is 4.39 Å². The minimum atomic E-state index is -0.648. The maximum absolute atomic E-state index is 13.0. The van der Waals surface area contributed by atoms with Gasteiger partial charge in [0.1, 0.15) is 5.75 Å². The van der Waals surface area contributed by atoms with E-state index in [2.05, 4.69) is 36.4 Å². The van der Waals surface area contributed by atoms with Crippen molar-refractivity contribution in [3.05, 3.63) is 24.0 Å². The predicted octanol–water partition coefficient (Wildman–Crippen LogP) is 3.76. The van der Waals surface area contributed by atoms with Crippen molar-refractivity contribution < 1.29 is 14.2 Å². The Morgan fingerprint density at radius 3 is 2.69 bits per heavy atom. The molecule has 4 heteroatoms. The molecule has 0 saturated carbocycles. The van der Waals surface area contributed by atoms with Crippen LogP contribution in [0.15, 0.2) is 18.2 Å². The van der Waals surface area contributed by atoms with Crippen LogP contribution in [0.4, 0.5) is 4.39 Å². The Balaban J connectivity index is 2.64. The van der Waals surface area contributed by atoms with Gasteiger partial charge in [-0.25, -0.2) is 4.39 Å². The number of phenolic OH excluding ortho intramolecular Hbond substituents is 1. The number of phenols is 1. The molecule has 0 aromatic heterocycles. The first-order valence-electron chi connectivity index (χ1n) is 5.18. The molecule has 1 N–H and O–H groups in total. The first kappa shape index (κ1) is 13.5. The van der Waals surface area contributed by atoms with Crippen molar-refractivity contribution in [1.82, 2.24) is 0 Å². The third-order valence-corrected chi connectivity index (χ3v) is 4.52. The van der Waals surface area contributed by atoms with Gasteiger partial charge in [0.25, 0.3) is 0 Å². The quantitative estimate of drug-likeness (QED) is 0.654. The second-order valence-corrected chi connectivity index (χ2v) is 4.96. The van der Waals surface area contributed by atoms with E-state index in [4.69, 9.17) is 9.84 Å². The van der Waals surface area contributed by atoms with Crippen LogP contribution >= 0.6 is 22.6 Å². The molecular formula is C12H16FIO2. The van der Waals surface area contributed by atoms with Crippen LogP contribution in [-0.2, 0) is 0 Å². The van der Waals surface area contributed by atoms with Gasteiger partial charge < -0.3 is 9.84 Å². The molecule has 0 fully saturated rings. The zero-order chi connectivity index (χ0) is 12.2. The number of rotatable bonds is 5. The Hall–Kier alpha value is -0.520. The van der Waals surface area contributed by atoms with Gasteiger partial charge >= 0.3 is 0 Å². The fourth-order valence-electron chi connectivity index (χ4n) is 1.07. The summed E-state index contributed by atoms with van der Waals surface area (Å²) in [7, 11) is 0. The van der Waals surface area contributed by atoms with E-state index in [1.165, 1.54) is 12.1 Å². The standard InChI is InChI=1S/C12H16FIO2/c1-3-12(2,7-14)8-16-9-4-5-11(15)10(13)6-9/h4-6,15H,3,7-8H2,1-2H3. The molecule has 90 valence electrons. The SMILES string of the molecule is CCC(C)(CI)COc1ccc(O)c(F)c1. The second kappa shape index (κ2) is 5.70. The highest BCUT2D eigenvalue weighted by molar-refractivity contribution is 14.1. The molecular weight excluding hydrogens is 322 g/mol. The van der Waals surface area contributed by atoms with E-state index >= 15 is 0 Å². The van der Waals surface area contributed by atoms with Crippen molar-refractivity contribution in [3.8, 4) is 11.5 Å². The minimum Gasteiger partial charge on any atom is -0.505 e. The number of aromatic hydroxyl groups is 1. The Bertz CT molecular complexity index is 351. The zero-order valence-electron chi connectivity index (χ0n) is 9.46. The smallest absolute Gasteiger partial charge is 0.168 e. The van der Waals surface area contributed by atoms with Gasteiger partial charge in [-0.3, -0.25) is 0 Å². The van der Waals surface area contributed by atoms with E-state index < -0.39 is 5.82 Å². The zero-order valence-corrected chi connectivity index (χ0v) is 11.6. The van der Waals surface area contributed by atoms with Crippen LogP contribution in [0.25, 0.3) is 0 Å². The first-order chi connectivity index (χ1) is 7.50. The molecule has 0 aliphatic rings. The highest BCUT2D eigenvalue weighted by atomic mass is 127. The van der Waals surface area contributed by atoms with Crippen molar-refractivity contribution in [2.75, 3.05) is 11.0 Å². The lowest BCUT2D eigenvalue weighted by Crippen LogP contribution is -2.25. The number of alkyl halides is 1. The van der Waals surface area contributed by atoms with Gasteiger partial charge in [0.2, 0.25) is 0 Å². The van der Waals surface area contributed by atoms with Crippen molar-refractivity contribution in [1.29, 1.82) is 0 Å². The summed E-state index contributed by atoms with van der Waals surface area (Å²) in [6.07, 6.45) is 1.01. The van der Waals surface area contributed by atoms with E-state index in [0.717, 1.165) is 10.8 Å². The normalized spacial score (nSPS) is 14.5. The minimum absolute atomic E-state index is 0.106. The van der Waals surface area contributed by atoms with Gasteiger partial charge in [0.05, 0.1) is 6.61 Å². The molecule has 0 radical (unpaired) electrons. The lowest BCUT2D eigenvalue weighted by Gasteiger charge is -2.25. The van der Waals surface area contributed by atoms with Crippen LogP contribution in [0, 0.1) is 11.2 Å². The fourth-order valence-corrected chi connectivity index (χ4v) is 1.83. The molecule has 1 aromatic carbocycles. The van der Waals surface area contributed by atoms with Crippen LogP contribution in [0.2, 0.25) is 0 Å². The Morgan fingerprint density at radius 2 is 2.19 bits per heavy atom. The Morgan fingerprint density at radius 1 is 1.50 bits per heavy atom. The molecule has 0 amide bonds. The number of hydrogen-bond donors (Lipinski definition) is 1. The molecule has 0 aliphatic heterocycles. The summed E-state index contributed by atoms with van der Waals surface area (Å²) in [4.78, 5) is 0. The molecule has 1 atom stereocenters. The van der Waals surface area contributed by atoms with Gasteiger partial charge in [-0.15, -0.1) is 0 Å². The second-order valence-electron chi connectivity index (χ2n) is 4.20. The third-order valence-electron chi connectivity index (χ3n) is 2.68. The summed E-state index contributed by atoms with van der Waals surface area (Å²) in [5.41, 5.74) is 0.106. The molecule has 0 aliphatic carbocycles.